The zero-order valence-electron chi connectivity index (χ0n) is 17.7. The van der Waals surface area contributed by atoms with Gasteiger partial charge in [-0.2, -0.15) is 0 Å². The predicted octanol–water partition coefficient (Wildman–Crippen LogP) is 1.93. The number of ether oxygens (including phenoxy) is 1. The third-order valence-electron chi connectivity index (χ3n) is 4.71. The van der Waals surface area contributed by atoms with Gasteiger partial charge in [-0.25, -0.2) is 4.99 Å². The number of guanidine groups is 1. The fraction of sp³-hybridized carbons (Fsp3) is 0.619. The van der Waals surface area contributed by atoms with Crippen molar-refractivity contribution >= 4 is 35.8 Å². The number of hydrogen-bond acceptors (Lipinski definition) is 4. The first kappa shape index (κ1) is 25.6. The second-order valence-corrected chi connectivity index (χ2v) is 6.82. The lowest BCUT2D eigenvalue weighted by molar-refractivity contribution is -0.130. The van der Waals surface area contributed by atoms with Gasteiger partial charge in [0.25, 0.3) is 0 Å². The van der Waals surface area contributed by atoms with Crippen molar-refractivity contribution in [3.63, 3.8) is 0 Å². The van der Waals surface area contributed by atoms with Gasteiger partial charge in [0.1, 0.15) is 6.54 Å². The van der Waals surface area contributed by atoms with E-state index >= 15 is 0 Å². The number of nitrogens with zero attached hydrogens (tertiary/aromatic N) is 3. The van der Waals surface area contributed by atoms with Crippen LogP contribution in [0.15, 0.2) is 35.3 Å². The van der Waals surface area contributed by atoms with Gasteiger partial charge in [-0.3, -0.25) is 9.69 Å². The Morgan fingerprint density at radius 1 is 1.17 bits per heavy atom. The van der Waals surface area contributed by atoms with Crippen LogP contribution in [0, 0.1) is 0 Å². The van der Waals surface area contributed by atoms with Crippen LogP contribution in [0.3, 0.4) is 0 Å². The standard InChI is InChI=1S/C21H35N5O2.HI/c1-3-22-21(23-11-8-12-25-13-15-28-16-14-25)24-17-20(27)26(4-2)18-19-9-6-5-7-10-19;/h5-7,9-10H,3-4,8,11-18H2,1-2H3,(H2,22,23,24);1H. The fourth-order valence-corrected chi connectivity index (χ4v) is 3.10. The van der Waals surface area contributed by atoms with Gasteiger partial charge in [0, 0.05) is 39.3 Å². The predicted molar refractivity (Wildman–Crippen MR) is 129 cm³/mol. The van der Waals surface area contributed by atoms with E-state index in [4.69, 9.17) is 4.74 Å². The molecule has 2 N–H and O–H groups in total. The average molecular weight is 517 g/mol. The van der Waals surface area contributed by atoms with Crippen molar-refractivity contribution in [3.05, 3.63) is 35.9 Å². The van der Waals surface area contributed by atoms with E-state index in [-0.39, 0.29) is 36.4 Å². The maximum Gasteiger partial charge on any atom is 0.244 e. The SMILES string of the molecule is CCNC(=NCC(=O)N(CC)Cc1ccccc1)NCCCN1CCOCC1.I. The van der Waals surface area contributed by atoms with Crippen molar-refractivity contribution in [2.24, 2.45) is 4.99 Å². The molecule has 0 spiro atoms. The highest BCUT2D eigenvalue weighted by atomic mass is 127. The summed E-state index contributed by atoms with van der Waals surface area (Å²) in [7, 11) is 0. The number of morpholine rings is 1. The van der Waals surface area contributed by atoms with Crippen molar-refractivity contribution in [1.82, 2.24) is 20.4 Å². The second kappa shape index (κ2) is 15.4. The highest BCUT2D eigenvalue weighted by Gasteiger charge is 2.12. The van der Waals surface area contributed by atoms with E-state index in [0.717, 1.165) is 57.9 Å². The van der Waals surface area contributed by atoms with Gasteiger partial charge in [-0.15, -0.1) is 24.0 Å². The molecule has 8 heteroatoms. The third kappa shape index (κ3) is 10.3. The topological polar surface area (TPSA) is 69.2 Å². The average Bonchev–Trinajstić information content (AvgIpc) is 2.74. The molecule has 1 aromatic carbocycles. The Morgan fingerprint density at radius 2 is 1.90 bits per heavy atom. The Morgan fingerprint density at radius 3 is 2.55 bits per heavy atom. The fourth-order valence-electron chi connectivity index (χ4n) is 3.10. The molecule has 1 heterocycles. The highest BCUT2D eigenvalue weighted by Crippen LogP contribution is 2.04. The number of halogens is 1. The van der Waals surface area contributed by atoms with Crippen LogP contribution in [-0.4, -0.2) is 80.7 Å². The normalized spacial score (nSPS) is 14.8. The van der Waals surface area contributed by atoms with Crippen LogP contribution in [-0.2, 0) is 16.1 Å². The van der Waals surface area contributed by atoms with Gasteiger partial charge in [-0.1, -0.05) is 30.3 Å². The minimum Gasteiger partial charge on any atom is -0.379 e. The minimum atomic E-state index is 0. The summed E-state index contributed by atoms with van der Waals surface area (Å²) in [5.74, 6) is 0.741. The third-order valence-corrected chi connectivity index (χ3v) is 4.71. The molecule has 164 valence electrons. The van der Waals surface area contributed by atoms with Crippen LogP contribution in [0.4, 0.5) is 0 Å². The number of likely N-dealkylation sites (N-methyl/N-ethyl adjacent to an activating group) is 1. The summed E-state index contributed by atoms with van der Waals surface area (Å²) in [5.41, 5.74) is 1.13. The Hall–Kier alpha value is -1.39. The molecule has 2 rings (SSSR count). The summed E-state index contributed by atoms with van der Waals surface area (Å²) in [6.45, 7) is 11.8. The van der Waals surface area contributed by atoms with Crippen LogP contribution in [0.25, 0.3) is 0 Å². The Bertz CT molecular complexity index is 594. The van der Waals surface area contributed by atoms with E-state index in [1.54, 1.807) is 0 Å². The first-order valence-corrected chi connectivity index (χ1v) is 10.4. The molecule has 0 atom stereocenters. The van der Waals surface area contributed by atoms with Gasteiger partial charge >= 0.3 is 0 Å². The van der Waals surface area contributed by atoms with E-state index in [9.17, 15) is 4.79 Å². The highest BCUT2D eigenvalue weighted by molar-refractivity contribution is 14.0. The number of aliphatic imine (C=N–C) groups is 1. The molecular formula is C21H36IN5O2. The summed E-state index contributed by atoms with van der Waals surface area (Å²) < 4.78 is 5.37. The van der Waals surface area contributed by atoms with Crippen LogP contribution in [0.2, 0.25) is 0 Å². The van der Waals surface area contributed by atoms with Crippen molar-refractivity contribution in [2.75, 3.05) is 59.0 Å². The van der Waals surface area contributed by atoms with E-state index in [1.807, 2.05) is 49.1 Å². The Kier molecular flexibility index (Phi) is 13.7. The van der Waals surface area contributed by atoms with Crippen LogP contribution >= 0.6 is 24.0 Å². The summed E-state index contributed by atoms with van der Waals surface area (Å²) in [4.78, 5) is 21.3. The lowest BCUT2D eigenvalue weighted by atomic mass is 10.2. The Balaban J connectivity index is 0.00000420. The maximum absolute atomic E-state index is 12.6. The molecule has 1 aromatic rings. The molecule has 0 unspecified atom stereocenters. The quantitative estimate of drug-likeness (QED) is 0.215. The molecule has 1 aliphatic rings. The van der Waals surface area contributed by atoms with E-state index in [0.29, 0.717) is 19.0 Å². The first-order valence-electron chi connectivity index (χ1n) is 10.4. The van der Waals surface area contributed by atoms with Crippen molar-refractivity contribution in [3.8, 4) is 0 Å². The number of benzene rings is 1. The van der Waals surface area contributed by atoms with Crippen molar-refractivity contribution in [2.45, 2.75) is 26.8 Å². The molecule has 0 aliphatic carbocycles. The van der Waals surface area contributed by atoms with E-state index in [2.05, 4.69) is 20.5 Å². The molecule has 0 radical (unpaired) electrons. The van der Waals surface area contributed by atoms with E-state index in [1.165, 1.54) is 0 Å². The molecule has 1 amide bonds. The zero-order valence-corrected chi connectivity index (χ0v) is 20.1. The van der Waals surface area contributed by atoms with Gasteiger partial charge in [0.05, 0.1) is 13.2 Å². The van der Waals surface area contributed by atoms with Gasteiger partial charge in [-0.05, 0) is 32.4 Å². The number of amides is 1. The number of carbonyl (C=O) groups excluding carboxylic acids is 1. The number of carbonyl (C=O) groups is 1. The lowest BCUT2D eigenvalue weighted by Crippen LogP contribution is -2.41. The monoisotopic (exact) mass is 517 g/mol. The molecule has 1 saturated heterocycles. The molecule has 0 bridgehead atoms. The number of rotatable bonds is 10. The molecule has 0 saturated carbocycles. The number of nitrogens with one attached hydrogen (secondary N) is 2. The second-order valence-electron chi connectivity index (χ2n) is 6.82. The summed E-state index contributed by atoms with van der Waals surface area (Å²) in [6, 6.07) is 10.1. The first-order chi connectivity index (χ1) is 13.7. The molecule has 0 aromatic heterocycles. The van der Waals surface area contributed by atoms with Gasteiger partial charge in [0.15, 0.2) is 5.96 Å². The molecule has 29 heavy (non-hydrogen) atoms. The largest absolute Gasteiger partial charge is 0.379 e. The smallest absolute Gasteiger partial charge is 0.244 e. The van der Waals surface area contributed by atoms with Gasteiger partial charge in [0.2, 0.25) is 5.91 Å². The Labute approximate surface area is 192 Å². The minimum absolute atomic E-state index is 0. The van der Waals surface area contributed by atoms with Crippen LogP contribution in [0.5, 0.6) is 0 Å². The molecule has 7 nitrogen and oxygen atoms in total. The van der Waals surface area contributed by atoms with Crippen LogP contribution in [0.1, 0.15) is 25.8 Å². The molecular weight excluding hydrogens is 481 g/mol. The van der Waals surface area contributed by atoms with Crippen molar-refractivity contribution < 1.29 is 9.53 Å². The van der Waals surface area contributed by atoms with Gasteiger partial charge < -0.3 is 20.3 Å². The summed E-state index contributed by atoms with van der Waals surface area (Å²) >= 11 is 0. The van der Waals surface area contributed by atoms with Crippen LogP contribution < -0.4 is 10.6 Å². The van der Waals surface area contributed by atoms with E-state index < -0.39 is 0 Å². The summed E-state index contributed by atoms with van der Waals surface area (Å²) in [5, 5.41) is 6.55. The number of hydrogen-bond donors (Lipinski definition) is 2. The van der Waals surface area contributed by atoms with Crippen molar-refractivity contribution in [1.29, 1.82) is 0 Å². The zero-order chi connectivity index (χ0) is 20.0. The lowest BCUT2D eigenvalue weighted by Gasteiger charge is -2.26. The maximum atomic E-state index is 12.6. The molecule has 1 fully saturated rings. The summed E-state index contributed by atoms with van der Waals surface area (Å²) in [6.07, 6.45) is 1.04. The molecule has 1 aliphatic heterocycles.